The monoisotopic (exact) mass is 855 g/mol. The summed E-state index contributed by atoms with van der Waals surface area (Å²) in [7, 11) is 0. The number of unbranched alkanes of at least 4 members (excludes halogenated alkanes) is 1. The number of carbonyl (C=O) groups is 5. The standard InChI is InChI=1S/C13H24N2O4.C12H16O3.C11H20O3.C9H18O3/c1-6-10(3)15-19-12(17)14-8-9-18-11(16)13(4,5)7-2;1-4-12(2,3)11(14)15-10-7-5-9(13)6-8-10;1-4-9(3)10(12)14-8-11(5-2)6-13-7-11;1-3-8(2)9(11)12-7-5-4-6-10/h6-9H2,1-5H3,(H,14,17);5-8,13H,4H2,1-3H3;9H,4-8H2,1-3H3;8,10H,3-7H2,1-2H3/b15-10-;;;. The van der Waals surface area contributed by atoms with Crippen molar-refractivity contribution in [1.29, 1.82) is 0 Å². The molecule has 0 aromatic heterocycles. The highest BCUT2D eigenvalue weighted by Gasteiger charge is 2.38. The fourth-order valence-corrected chi connectivity index (χ4v) is 3.77. The molecule has 0 bridgehead atoms. The van der Waals surface area contributed by atoms with Crippen molar-refractivity contribution in [3.8, 4) is 11.5 Å². The summed E-state index contributed by atoms with van der Waals surface area (Å²) in [6.07, 6.45) is 5.62. The molecule has 60 heavy (non-hydrogen) atoms. The molecule has 1 fully saturated rings. The van der Waals surface area contributed by atoms with Gasteiger partial charge in [0.25, 0.3) is 0 Å². The number of esters is 4. The normalized spacial score (nSPS) is 14.0. The Labute approximate surface area is 359 Å². The van der Waals surface area contributed by atoms with Gasteiger partial charge < -0.3 is 39.2 Å². The average molecular weight is 855 g/mol. The van der Waals surface area contributed by atoms with Gasteiger partial charge in [0, 0.05) is 6.61 Å². The van der Waals surface area contributed by atoms with Crippen molar-refractivity contribution in [1.82, 2.24) is 5.32 Å². The topological polar surface area (TPSA) is 206 Å². The van der Waals surface area contributed by atoms with Crippen LogP contribution in [0.1, 0.15) is 141 Å². The molecule has 15 nitrogen and oxygen atoms in total. The number of hydrogen-bond acceptors (Lipinski definition) is 14. The number of ether oxygens (including phenoxy) is 5. The second-order valence-corrected chi connectivity index (χ2v) is 16.2. The number of phenols is 1. The summed E-state index contributed by atoms with van der Waals surface area (Å²) < 4.78 is 25.6. The lowest BCUT2D eigenvalue weighted by Crippen LogP contribution is -2.46. The molecule has 1 aromatic carbocycles. The summed E-state index contributed by atoms with van der Waals surface area (Å²) in [6, 6.07) is 6.11. The highest BCUT2D eigenvalue weighted by Crippen LogP contribution is 2.31. The molecule has 1 heterocycles. The van der Waals surface area contributed by atoms with Crippen LogP contribution in [-0.4, -0.2) is 92.1 Å². The van der Waals surface area contributed by atoms with Crippen molar-refractivity contribution in [3.63, 3.8) is 0 Å². The Morgan fingerprint density at radius 1 is 0.800 bits per heavy atom. The summed E-state index contributed by atoms with van der Waals surface area (Å²) >= 11 is 0. The molecule has 0 spiro atoms. The molecule has 2 atom stereocenters. The van der Waals surface area contributed by atoms with Crippen molar-refractivity contribution in [2.75, 3.05) is 46.2 Å². The van der Waals surface area contributed by atoms with Crippen LogP contribution in [0.5, 0.6) is 11.5 Å². The van der Waals surface area contributed by atoms with Crippen molar-refractivity contribution in [3.05, 3.63) is 24.3 Å². The summed E-state index contributed by atoms with van der Waals surface area (Å²) in [5.74, 6) is -0.101. The van der Waals surface area contributed by atoms with E-state index in [1.165, 1.54) is 12.1 Å². The van der Waals surface area contributed by atoms with E-state index in [1.54, 1.807) is 19.1 Å². The van der Waals surface area contributed by atoms with Crippen LogP contribution in [0.4, 0.5) is 4.79 Å². The van der Waals surface area contributed by atoms with E-state index in [2.05, 4.69) is 22.2 Å². The summed E-state index contributed by atoms with van der Waals surface area (Å²) in [5, 5.41) is 23.5. The van der Waals surface area contributed by atoms with Crippen molar-refractivity contribution in [2.24, 2.45) is 33.2 Å². The van der Waals surface area contributed by atoms with Gasteiger partial charge in [0.15, 0.2) is 0 Å². The number of hydrogen-bond donors (Lipinski definition) is 3. The van der Waals surface area contributed by atoms with Gasteiger partial charge in [0.05, 0.1) is 60.2 Å². The molecule has 0 aliphatic carbocycles. The van der Waals surface area contributed by atoms with Gasteiger partial charge in [0.2, 0.25) is 0 Å². The highest BCUT2D eigenvalue weighted by molar-refractivity contribution is 5.82. The predicted octanol–water partition coefficient (Wildman–Crippen LogP) is 8.56. The second-order valence-electron chi connectivity index (χ2n) is 16.2. The van der Waals surface area contributed by atoms with Crippen LogP contribution in [0.25, 0.3) is 0 Å². The Bertz CT molecular complexity index is 1400. The number of rotatable bonds is 21. The van der Waals surface area contributed by atoms with E-state index in [0.717, 1.165) is 57.5 Å². The first-order chi connectivity index (χ1) is 28.1. The minimum Gasteiger partial charge on any atom is -0.508 e. The molecular weight excluding hydrogens is 776 g/mol. The maximum Gasteiger partial charge on any atom is 0.433 e. The molecule has 1 amide bonds. The van der Waals surface area contributed by atoms with E-state index in [9.17, 15) is 24.0 Å². The number of aliphatic hydroxyl groups excluding tert-OH is 1. The fraction of sp³-hybridized carbons (Fsp3) is 0.733. The zero-order valence-corrected chi connectivity index (χ0v) is 38.9. The maximum absolute atomic E-state index is 11.7. The number of aromatic hydroxyl groups is 1. The second kappa shape index (κ2) is 31.6. The summed E-state index contributed by atoms with van der Waals surface area (Å²) in [4.78, 5) is 61.5. The Morgan fingerprint density at radius 3 is 1.78 bits per heavy atom. The fourth-order valence-electron chi connectivity index (χ4n) is 3.77. The number of nitrogens with zero attached hydrogens (tertiary/aromatic N) is 1. The number of aliphatic hydroxyl groups is 1. The molecule has 2 unspecified atom stereocenters. The molecular formula is C45H78N2O13. The average Bonchev–Trinajstić information content (AvgIpc) is 3.23. The molecule has 346 valence electrons. The lowest BCUT2D eigenvalue weighted by Gasteiger charge is -2.40. The van der Waals surface area contributed by atoms with Crippen molar-refractivity contribution in [2.45, 2.75) is 141 Å². The first-order valence-corrected chi connectivity index (χ1v) is 21.3. The van der Waals surface area contributed by atoms with Crippen LogP contribution in [-0.2, 0) is 43.0 Å². The van der Waals surface area contributed by atoms with E-state index >= 15 is 0 Å². The number of benzene rings is 1. The van der Waals surface area contributed by atoms with Crippen molar-refractivity contribution >= 4 is 35.7 Å². The molecule has 1 saturated heterocycles. The van der Waals surface area contributed by atoms with Gasteiger partial charge in [-0.05, 0) is 110 Å². The highest BCUT2D eigenvalue weighted by atomic mass is 16.7. The number of carbonyl (C=O) groups excluding carboxylic acids is 5. The van der Waals surface area contributed by atoms with Gasteiger partial charge in [-0.2, -0.15) is 0 Å². The maximum atomic E-state index is 11.7. The van der Waals surface area contributed by atoms with Crippen LogP contribution < -0.4 is 10.1 Å². The largest absolute Gasteiger partial charge is 0.508 e. The van der Waals surface area contributed by atoms with E-state index in [-0.39, 0.29) is 66.6 Å². The van der Waals surface area contributed by atoms with E-state index < -0.39 is 16.9 Å². The molecule has 2 rings (SSSR count). The summed E-state index contributed by atoms with van der Waals surface area (Å²) in [6.45, 7) is 27.6. The summed E-state index contributed by atoms with van der Waals surface area (Å²) in [5.41, 5.74) is -0.129. The number of phenolic OH excluding ortho intramolecular Hbond substituents is 1. The Kier molecular flexibility index (Phi) is 30.5. The zero-order chi connectivity index (χ0) is 46.4. The molecule has 0 radical (unpaired) electrons. The van der Waals surface area contributed by atoms with Gasteiger partial charge in [0.1, 0.15) is 24.7 Å². The third-order valence-corrected chi connectivity index (χ3v) is 10.2. The smallest absolute Gasteiger partial charge is 0.433 e. The van der Waals surface area contributed by atoms with Gasteiger partial charge in [-0.3, -0.25) is 24.0 Å². The quantitative estimate of drug-likeness (QED) is 0.0202. The van der Waals surface area contributed by atoms with E-state index in [1.807, 2.05) is 76.2 Å². The minimum atomic E-state index is -0.654. The van der Waals surface area contributed by atoms with Crippen LogP contribution in [0.15, 0.2) is 29.4 Å². The van der Waals surface area contributed by atoms with Crippen LogP contribution in [0.2, 0.25) is 0 Å². The van der Waals surface area contributed by atoms with E-state index in [0.29, 0.717) is 31.8 Å². The first-order valence-electron chi connectivity index (χ1n) is 21.3. The number of amides is 1. The molecule has 1 aliphatic heterocycles. The molecule has 1 aromatic rings. The Morgan fingerprint density at radius 2 is 1.33 bits per heavy atom. The van der Waals surface area contributed by atoms with Crippen LogP contribution >= 0.6 is 0 Å². The van der Waals surface area contributed by atoms with Crippen LogP contribution in [0.3, 0.4) is 0 Å². The van der Waals surface area contributed by atoms with Crippen LogP contribution in [0, 0.1) is 28.1 Å². The number of oxime groups is 1. The SMILES string of the molecule is CC/C(C)=N\OC(=O)NCCOC(=O)C(C)(C)CC.CCC(C)(C)C(=O)Oc1ccc(O)cc1.CCC(C)C(=O)OCC1(CC)COC1.CCC(C)C(=O)OCCCCO. The lowest BCUT2D eigenvalue weighted by atomic mass is 9.84. The van der Waals surface area contributed by atoms with Gasteiger partial charge in [-0.15, -0.1) is 0 Å². The molecule has 0 saturated carbocycles. The number of nitrogens with one attached hydrogen (secondary N) is 1. The zero-order valence-electron chi connectivity index (χ0n) is 38.9. The van der Waals surface area contributed by atoms with Crippen molar-refractivity contribution < 1.29 is 62.7 Å². The minimum absolute atomic E-state index is 0.000809. The molecule has 15 heteroatoms. The molecule has 3 N–H and O–H groups in total. The molecule has 1 aliphatic rings. The lowest BCUT2D eigenvalue weighted by molar-refractivity contribution is -0.173. The Hall–Kier alpha value is -4.24. The third-order valence-electron chi connectivity index (χ3n) is 10.2. The predicted molar refractivity (Wildman–Crippen MR) is 231 cm³/mol. The first kappa shape index (κ1) is 57.9. The Balaban J connectivity index is 0. The van der Waals surface area contributed by atoms with E-state index in [4.69, 9.17) is 33.9 Å². The van der Waals surface area contributed by atoms with Gasteiger partial charge >= 0.3 is 30.0 Å². The van der Waals surface area contributed by atoms with Gasteiger partial charge in [-0.25, -0.2) is 4.79 Å². The third kappa shape index (κ3) is 25.4. The van der Waals surface area contributed by atoms with Gasteiger partial charge in [-0.1, -0.05) is 60.5 Å².